The molecular weight excluding hydrogens is 312 g/mol. The monoisotopic (exact) mass is 346 g/mol. The lowest BCUT2D eigenvalue weighted by molar-refractivity contribution is -0.140. The normalized spacial score (nSPS) is 49.8. The van der Waals surface area contributed by atoms with Crippen LogP contribution in [0.25, 0.3) is 0 Å². The first-order valence-electron chi connectivity index (χ1n) is 10.4. The summed E-state index contributed by atoms with van der Waals surface area (Å²) < 4.78 is 0. The van der Waals surface area contributed by atoms with E-state index in [4.69, 9.17) is 5.11 Å². The topological polar surface area (TPSA) is 57.5 Å². The molecule has 3 saturated carbocycles. The molecule has 0 aliphatic heterocycles. The summed E-state index contributed by atoms with van der Waals surface area (Å²) in [7, 11) is 0. The van der Waals surface area contributed by atoms with Crippen LogP contribution in [0, 0.1) is 40.4 Å². The van der Waals surface area contributed by atoms with Gasteiger partial charge in [-0.15, -0.1) is 0 Å². The summed E-state index contributed by atoms with van der Waals surface area (Å²) in [6, 6.07) is 0. The second-order valence-electron chi connectivity index (χ2n) is 10.0. The van der Waals surface area contributed by atoms with Crippen molar-refractivity contribution in [3.8, 4) is 0 Å². The number of aliphatic hydroxyl groups is 1. The molecule has 3 fully saturated rings. The van der Waals surface area contributed by atoms with E-state index in [1.54, 1.807) is 0 Å². The molecule has 8 atom stereocenters. The van der Waals surface area contributed by atoms with Crippen molar-refractivity contribution in [2.75, 3.05) is 0 Å². The molecule has 0 aromatic rings. The van der Waals surface area contributed by atoms with Gasteiger partial charge >= 0.3 is 5.97 Å². The van der Waals surface area contributed by atoms with Gasteiger partial charge in [-0.05, 0) is 79.4 Å². The summed E-state index contributed by atoms with van der Waals surface area (Å²) >= 11 is 0. The van der Waals surface area contributed by atoms with E-state index in [2.05, 4.69) is 26.0 Å². The van der Waals surface area contributed by atoms with Gasteiger partial charge in [0.25, 0.3) is 0 Å². The van der Waals surface area contributed by atoms with Crippen LogP contribution in [0.3, 0.4) is 0 Å². The van der Waals surface area contributed by atoms with Crippen molar-refractivity contribution in [3.05, 3.63) is 12.2 Å². The molecule has 0 spiro atoms. The summed E-state index contributed by atoms with van der Waals surface area (Å²) in [5, 5.41) is 19.3. The molecule has 4 aliphatic carbocycles. The Morgan fingerprint density at radius 2 is 1.96 bits per heavy atom. The maximum absolute atomic E-state index is 10.9. The highest BCUT2D eigenvalue weighted by Gasteiger charge is 2.57. The molecule has 25 heavy (non-hydrogen) atoms. The average Bonchev–Trinajstić information content (AvgIpc) is 2.95. The van der Waals surface area contributed by atoms with E-state index in [0.29, 0.717) is 11.3 Å². The van der Waals surface area contributed by atoms with Crippen LogP contribution in [-0.4, -0.2) is 22.3 Å². The van der Waals surface area contributed by atoms with Gasteiger partial charge in [0.15, 0.2) is 0 Å². The van der Waals surface area contributed by atoms with E-state index in [1.807, 2.05) is 0 Å². The third-order valence-electron chi connectivity index (χ3n) is 8.88. The standard InChI is InChI=1S/C22H34O3/c1-21-9-3-4-17(21)16-6-5-15-12-14(19(23)13-20(24)25)7-11-22(15,2)18(16)8-10-21/h7,11,14-19,23H,3-6,8-10,12-13H2,1-2H3,(H,24,25)/t14-,15-,16-,17-,18-,19?,21-,22-/m0/s1. The summed E-state index contributed by atoms with van der Waals surface area (Å²) in [6.07, 6.45) is 14.3. The first-order valence-corrected chi connectivity index (χ1v) is 10.4. The zero-order chi connectivity index (χ0) is 17.8. The Balaban J connectivity index is 1.55. The number of aliphatic hydroxyl groups excluding tert-OH is 1. The van der Waals surface area contributed by atoms with Gasteiger partial charge in [0, 0.05) is 5.92 Å². The minimum absolute atomic E-state index is 0.0195. The SMILES string of the molecule is C[C@@]12CCC[C@H]1[C@@H]1CC[C@H]3C[C@@H](C(O)CC(=O)O)C=C[C@]3(C)[C@H]1CC2. The summed E-state index contributed by atoms with van der Waals surface area (Å²) in [4.78, 5) is 10.9. The van der Waals surface area contributed by atoms with Gasteiger partial charge in [-0.1, -0.05) is 32.4 Å². The zero-order valence-corrected chi connectivity index (χ0v) is 15.8. The fourth-order valence-electron chi connectivity index (χ4n) is 7.45. The molecule has 2 N–H and O–H groups in total. The molecule has 140 valence electrons. The van der Waals surface area contributed by atoms with Crippen molar-refractivity contribution in [3.63, 3.8) is 0 Å². The lowest BCUT2D eigenvalue weighted by Crippen LogP contribution is -2.51. The molecule has 0 bridgehead atoms. The van der Waals surface area contributed by atoms with E-state index < -0.39 is 12.1 Å². The van der Waals surface area contributed by atoms with Gasteiger partial charge < -0.3 is 10.2 Å². The average molecular weight is 347 g/mol. The minimum atomic E-state index is -0.897. The van der Waals surface area contributed by atoms with Gasteiger partial charge in [-0.2, -0.15) is 0 Å². The van der Waals surface area contributed by atoms with E-state index in [-0.39, 0.29) is 17.8 Å². The van der Waals surface area contributed by atoms with E-state index in [9.17, 15) is 9.90 Å². The second kappa shape index (κ2) is 6.11. The fraction of sp³-hybridized carbons (Fsp3) is 0.864. The van der Waals surface area contributed by atoms with E-state index in [0.717, 1.165) is 24.2 Å². The van der Waals surface area contributed by atoms with Crippen LogP contribution in [-0.2, 0) is 4.79 Å². The van der Waals surface area contributed by atoms with Crippen LogP contribution < -0.4 is 0 Å². The molecule has 0 radical (unpaired) electrons. The van der Waals surface area contributed by atoms with Crippen molar-refractivity contribution in [2.24, 2.45) is 40.4 Å². The first-order chi connectivity index (χ1) is 11.8. The van der Waals surface area contributed by atoms with Crippen molar-refractivity contribution in [1.29, 1.82) is 0 Å². The molecule has 0 aromatic heterocycles. The largest absolute Gasteiger partial charge is 0.481 e. The van der Waals surface area contributed by atoms with Gasteiger partial charge in [0.1, 0.15) is 0 Å². The van der Waals surface area contributed by atoms with Crippen molar-refractivity contribution >= 4 is 5.97 Å². The number of rotatable bonds is 3. The summed E-state index contributed by atoms with van der Waals surface area (Å²) in [6.45, 7) is 5.01. The minimum Gasteiger partial charge on any atom is -0.481 e. The predicted molar refractivity (Wildman–Crippen MR) is 98.0 cm³/mol. The highest BCUT2D eigenvalue weighted by Crippen LogP contribution is 2.65. The molecule has 0 amide bonds. The number of carbonyl (C=O) groups is 1. The maximum Gasteiger partial charge on any atom is 0.305 e. The molecular formula is C22H34O3. The molecule has 4 aliphatic rings. The van der Waals surface area contributed by atoms with Crippen molar-refractivity contribution < 1.29 is 15.0 Å². The van der Waals surface area contributed by atoms with Crippen LogP contribution in [0.1, 0.15) is 71.6 Å². The number of carboxylic acids is 1. The van der Waals surface area contributed by atoms with E-state index in [1.165, 1.54) is 44.9 Å². The molecule has 0 saturated heterocycles. The number of allylic oxidation sites excluding steroid dienone is 1. The third kappa shape index (κ3) is 2.78. The zero-order valence-electron chi connectivity index (χ0n) is 15.8. The third-order valence-corrected chi connectivity index (χ3v) is 8.88. The Hall–Kier alpha value is -0.830. The summed E-state index contributed by atoms with van der Waals surface area (Å²) in [5.74, 6) is 2.33. The summed E-state index contributed by atoms with van der Waals surface area (Å²) in [5.41, 5.74) is 0.856. The van der Waals surface area contributed by atoms with Gasteiger partial charge in [-0.25, -0.2) is 0 Å². The lowest BCUT2D eigenvalue weighted by Gasteiger charge is -2.59. The molecule has 3 nitrogen and oxygen atoms in total. The Kier molecular flexibility index (Phi) is 4.30. The van der Waals surface area contributed by atoms with Crippen LogP contribution in [0.15, 0.2) is 12.2 Å². The van der Waals surface area contributed by atoms with Gasteiger partial charge in [-0.3, -0.25) is 4.79 Å². The Morgan fingerprint density at radius 3 is 2.72 bits per heavy atom. The Bertz CT molecular complexity index is 570. The Morgan fingerprint density at radius 1 is 1.16 bits per heavy atom. The number of aliphatic carboxylic acids is 1. The fourth-order valence-corrected chi connectivity index (χ4v) is 7.45. The van der Waals surface area contributed by atoms with Gasteiger partial charge in [0.05, 0.1) is 12.5 Å². The lowest BCUT2D eigenvalue weighted by atomic mass is 9.46. The highest BCUT2D eigenvalue weighted by molar-refractivity contribution is 5.67. The van der Waals surface area contributed by atoms with Crippen LogP contribution in [0.2, 0.25) is 0 Å². The molecule has 1 unspecified atom stereocenters. The van der Waals surface area contributed by atoms with Crippen LogP contribution >= 0.6 is 0 Å². The number of hydrogen-bond acceptors (Lipinski definition) is 2. The maximum atomic E-state index is 10.9. The Labute approximate surface area is 151 Å². The quantitative estimate of drug-likeness (QED) is 0.732. The highest BCUT2D eigenvalue weighted by atomic mass is 16.4. The van der Waals surface area contributed by atoms with Crippen LogP contribution in [0.5, 0.6) is 0 Å². The van der Waals surface area contributed by atoms with Gasteiger partial charge in [0.2, 0.25) is 0 Å². The molecule has 3 heteroatoms. The first kappa shape index (κ1) is 17.6. The number of hydrogen-bond donors (Lipinski definition) is 2. The number of carboxylic acid groups (broad SMARTS) is 1. The second-order valence-corrected chi connectivity index (χ2v) is 10.0. The van der Waals surface area contributed by atoms with Crippen molar-refractivity contribution in [1.82, 2.24) is 0 Å². The predicted octanol–water partition coefficient (Wildman–Crippen LogP) is 4.65. The van der Waals surface area contributed by atoms with Crippen LogP contribution in [0.4, 0.5) is 0 Å². The van der Waals surface area contributed by atoms with Crippen molar-refractivity contribution in [2.45, 2.75) is 77.7 Å². The number of fused-ring (bicyclic) bond motifs is 5. The molecule has 0 heterocycles. The molecule has 0 aromatic carbocycles. The molecule has 4 rings (SSSR count). The smallest absolute Gasteiger partial charge is 0.305 e. The van der Waals surface area contributed by atoms with E-state index >= 15 is 0 Å².